The lowest BCUT2D eigenvalue weighted by molar-refractivity contribution is -0.115. The maximum Gasteiger partial charge on any atom is 0.253 e. The lowest BCUT2D eigenvalue weighted by Gasteiger charge is -2.14. The molecule has 2 aromatic rings. The van der Waals surface area contributed by atoms with Crippen molar-refractivity contribution in [2.75, 3.05) is 18.5 Å². The van der Waals surface area contributed by atoms with Crippen molar-refractivity contribution in [2.45, 2.75) is 25.4 Å². The number of nitrogens with one attached hydrogen (secondary N) is 2. The summed E-state index contributed by atoms with van der Waals surface area (Å²) >= 11 is 0. The van der Waals surface area contributed by atoms with Crippen LogP contribution < -0.4 is 10.6 Å². The minimum absolute atomic E-state index is 0.0548. The summed E-state index contributed by atoms with van der Waals surface area (Å²) in [5, 5.41) is 5.61. The van der Waals surface area contributed by atoms with Gasteiger partial charge in [-0.1, -0.05) is 24.3 Å². The molecule has 0 unspecified atom stereocenters. The largest absolute Gasteiger partial charge is 0.376 e. The first kappa shape index (κ1) is 18.1. The van der Waals surface area contributed by atoms with E-state index in [0.717, 1.165) is 19.4 Å². The van der Waals surface area contributed by atoms with E-state index < -0.39 is 0 Å². The smallest absolute Gasteiger partial charge is 0.253 e. The predicted octanol–water partition coefficient (Wildman–Crippen LogP) is 2.92. The van der Waals surface area contributed by atoms with E-state index in [1.54, 1.807) is 36.4 Å². The molecule has 0 bridgehead atoms. The Bertz CT molecular complexity index is 771. The van der Waals surface area contributed by atoms with Crippen molar-refractivity contribution in [3.8, 4) is 0 Å². The molecule has 0 aromatic heterocycles. The number of para-hydroxylation sites is 1. The minimum Gasteiger partial charge on any atom is -0.376 e. The molecule has 0 radical (unpaired) electrons. The number of anilines is 1. The van der Waals surface area contributed by atoms with E-state index in [2.05, 4.69) is 10.6 Å². The Hall–Kier alpha value is -2.73. The third kappa shape index (κ3) is 4.89. The Morgan fingerprint density at radius 3 is 2.62 bits per heavy atom. The van der Waals surface area contributed by atoms with Crippen molar-refractivity contribution in [1.29, 1.82) is 0 Å². The van der Waals surface area contributed by atoms with E-state index in [-0.39, 0.29) is 30.2 Å². The molecule has 0 aliphatic carbocycles. The third-order valence-corrected chi connectivity index (χ3v) is 4.24. The van der Waals surface area contributed by atoms with Crippen LogP contribution in [-0.4, -0.2) is 31.1 Å². The molecule has 5 nitrogen and oxygen atoms in total. The molecular formula is C20H21FN2O3. The fourth-order valence-corrected chi connectivity index (χ4v) is 2.88. The molecule has 2 aromatic carbocycles. The number of halogens is 1. The van der Waals surface area contributed by atoms with Gasteiger partial charge in [-0.25, -0.2) is 4.39 Å². The van der Waals surface area contributed by atoms with Crippen molar-refractivity contribution in [1.82, 2.24) is 5.32 Å². The van der Waals surface area contributed by atoms with E-state index in [9.17, 15) is 14.0 Å². The third-order valence-electron chi connectivity index (χ3n) is 4.24. The maximum absolute atomic E-state index is 12.9. The molecule has 1 heterocycles. The van der Waals surface area contributed by atoms with Crippen LogP contribution in [0.2, 0.25) is 0 Å². The van der Waals surface area contributed by atoms with Crippen LogP contribution in [0.1, 0.15) is 28.8 Å². The average Bonchev–Trinajstić information content (AvgIpc) is 3.16. The highest BCUT2D eigenvalue weighted by molar-refractivity contribution is 6.04. The lowest BCUT2D eigenvalue weighted by atomic mass is 10.1. The fourth-order valence-electron chi connectivity index (χ4n) is 2.88. The molecule has 2 N–H and O–H groups in total. The number of carbonyl (C=O) groups excluding carboxylic acids is 2. The number of carbonyl (C=O) groups is 2. The molecule has 2 amide bonds. The van der Waals surface area contributed by atoms with Gasteiger partial charge in [0.25, 0.3) is 5.91 Å². The van der Waals surface area contributed by atoms with Gasteiger partial charge in [-0.3, -0.25) is 9.59 Å². The molecule has 6 heteroatoms. The van der Waals surface area contributed by atoms with Gasteiger partial charge in [0.05, 0.1) is 23.8 Å². The molecule has 136 valence electrons. The quantitative estimate of drug-likeness (QED) is 0.836. The van der Waals surface area contributed by atoms with Crippen LogP contribution >= 0.6 is 0 Å². The minimum atomic E-state index is -0.345. The Morgan fingerprint density at radius 2 is 1.88 bits per heavy atom. The van der Waals surface area contributed by atoms with Crippen LogP contribution in [0.15, 0.2) is 48.5 Å². The van der Waals surface area contributed by atoms with Crippen LogP contribution in [-0.2, 0) is 16.0 Å². The van der Waals surface area contributed by atoms with E-state index in [4.69, 9.17) is 4.74 Å². The first-order valence-corrected chi connectivity index (χ1v) is 8.65. The van der Waals surface area contributed by atoms with Gasteiger partial charge >= 0.3 is 0 Å². The average molecular weight is 356 g/mol. The van der Waals surface area contributed by atoms with Crippen LogP contribution in [0.5, 0.6) is 0 Å². The number of benzene rings is 2. The van der Waals surface area contributed by atoms with Gasteiger partial charge in [0.1, 0.15) is 5.82 Å². The number of rotatable bonds is 6. The van der Waals surface area contributed by atoms with Gasteiger partial charge in [-0.15, -0.1) is 0 Å². The zero-order valence-corrected chi connectivity index (χ0v) is 14.3. The molecule has 0 spiro atoms. The van der Waals surface area contributed by atoms with Gasteiger partial charge in [0, 0.05) is 13.2 Å². The van der Waals surface area contributed by atoms with Crippen molar-refractivity contribution >= 4 is 17.5 Å². The summed E-state index contributed by atoms with van der Waals surface area (Å²) in [5.41, 5.74) is 1.55. The first-order chi connectivity index (χ1) is 12.6. The topological polar surface area (TPSA) is 67.4 Å². The highest BCUT2D eigenvalue weighted by atomic mass is 19.1. The summed E-state index contributed by atoms with van der Waals surface area (Å²) in [7, 11) is 0. The summed E-state index contributed by atoms with van der Waals surface area (Å²) in [6, 6.07) is 12.6. The monoisotopic (exact) mass is 356 g/mol. The summed E-state index contributed by atoms with van der Waals surface area (Å²) in [5.74, 6) is -0.864. The Balaban J connectivity index is 1.61. The van der Waals surface area contributed by atoms with Gasteiger partial charge in [-0.05, 0) is 42.7 Å². The Kier molecular flexibility index (Phi) is 5.96. The van der Waals surface area contributed by atoms with Gasteiger partial charge in [0.15, 0.2) is 0 Å². The Labute approximate surface area is 151 Å². The standard InChI is InChI=1S/C20H21FN2O3/c21-15-9-7-14(8-10-15)12-19(24)23-18-6-2-1-5-17(18)20(25)22-13-16-4-3-11-26-16/h1-2,5-10,16H,3-4,11-13H2,(H,22,25)(H,23,24)/t16-/m0/s1. The van der Waals surface area contributed by atoms with Crippen molar-refractivity contribution in [2.24, 2.45) is 0 Å². The molecule has 1 atom stereocenters. The summed E-state index contributed by atoms with van der Waals surface area (Å²) < 4.78 is 18.4. The molecule has 1 aliphatic heterocycles. The Morgan fingerprint density at radius 1 is 1.12 bits per heavy atom. The molecule has 1 aliphatic rings. The molecular weight excluding hydrogens is 335 g/mol. The SMILES string of the molecule is O=C(Cc1ccc(F)cc1)Nc1ccccc1C(=O)NC[C@@H]1CCCO1. The van der Waals surface area contributed by atoms with Crippen molar-refractivity contribution < 1.29 is 18.7 Å². The van der Waals surface area contributed by atoms with E-state index in [0.29, 0.717) is 23.4 Å². The van der Waals surface area contributed by atoms with Gasteiger partial charge in [0.2, 0.25) is 5.91 Å². The summed E-state index contributed by atoms with van der Waals surface area (Å²) in [6.45, 7) is 1.19. The summed E-state index contributed by atoms with van der Waals surface area (Å²) in [6.07, 6.45) is 2.11. The second-order valence-corrected chi connectivity index (χ2v) is 6.24. The van der Waals surface area contributed by atoms with Crippen LogP contribution in [0.25, 0.3) is 0 Å². The maximum atomic E-state index is 12.9. The molecule has 1 fully saturated rings. The van der Waals surface area contributed by atoms with Gasteiger partial charge < -0.3 is 15.4 Å². The molecule has 1 saturated heterocycles. The van der Waals surface area contributed by atoms with Gasteiger partial charge in [-0.2, -0.15) is 0 Å². The first-order valence-electron chi connectivity index (χ1n) is 8.65. The number of hydrogen-bond donors (Lipinski definition) is 2. The molecule has 0 saturated carbocycles. The zero-order valence-electron chi connectivity index (χ0n) is 14.3. The normalized spacial score (nSPS) is 16.3. The van der Waals surface area contributed by atoms with Crippen molar-refractivity contribution in [3.05, 3.63) is 65.5 Å². The van der Waals surface area contributed by atoms with E-state index >= 15 is 0 Å². The van der Waals surface area contributed by atoms with Crippen LogP contribution in [0, 0.1) is 5.82 Å². The fraction of sp³-hybridized carbons (Fsp3) is 0.300. The van der Waals surface area contributed by atoms with E-state index in [1.807, 2.05) is 0 Å². The molecule has 3 rings (SSSR count). The predicted molar refractivity (Wildman–Crippen MR) is 96.5 cm³/mol. The zero-order chi connectivity index (χ0) is 18.4. The number of ether oxygens (including phenoxy) is 1. The van der Waals surface area contributed by atoms with Crippen LogP contribution in [0.4, 0.5) is 10.1 Å². The number of hydrogen-bond acceptors (Lipinski definition) is 3. The highest BCUT2D eigenvalue weighted by Crippen LogP contribution is 2.16. The highest BCUT2D eigenvalue weighted by Gasteiger charge is 2.18. The second kappa shape index (κ2) is 8.58. The van der Waals surface area contributed by atoms with E-state index in [1.165, 1.54) is 12.1 Å². The second-order valence-electron chi connectivity index (χ2n) is 6.24. The summed E-state index contributed by atoms with van der Waals surface area (Å²) in [4.78, 5) is 24.7. The van der Waals surface area contributed by atoms with Crippen LogP contribution in [0.3, 0.4) is 0 Å². The lowest BCUT2D eigenvalue weighted by Crippen LogP contribution is -2.32. The number of amides is 2. The molecule has 26 heavy (non-hydrogen) atoms. The van der Waals surface area contributed by atoms with Crippen molar-refractivity contribution in [3.63, 3.8) is 0 Å².